The minimum Gasteiger partial charge on any atom is -0.410 e. The van der Waals surface area contributed by atoms with Crippen LogP contribution in [0.4, 0.5) is 9.18 Å². The number of carbonyl (C=O) groups is 1. The average Bonchev–Trinajstić information content (AvgIpc) is 2.46. The minimum absolute atomic E-state index is 0.0220. The van der Waals surface area contributed by atoms with E-state index in [0.29, 0.717) is 17.7 Å². The fraction of sp³-hybridized carbons (Fsp3) is 0.438. The van der Waals surface area contributed by atoms with E-state index in [0.717, 1.165) is 6.07 Å². The third kappa shape index (κ3) is 5.06. The van der Waals surface area contributed by atoms with Crippen LogP contribution in [-0.2, 0) is 9.84 Å². The zero-order valence-electron chi connectivity index (χ0n) is 13.1. The molecule has 0 saturated carbocycles. The molecule has 1 aliphatic rings. The maximum Gasteiger partial charge on any atom is 0.412 e. The summed E-state index contributed by atoms with van der Waals surface area (Å²) in [6, 6.07) is 4.13. The second kappa shape index (κ2) is 7.12. The Morgan fingerprint density at radius 2 is 2.13 bits per heavy atom. The summed E-state index contributed by atoms with van der Waals surface area (Å²) >= 11 is 0. The van der Waals surface area contributed by atoms with Crippen molar-refractivity contribution in [1.29, 1.82) is 0 Å². The molecule has 1 N–H and O–H groups in total. The predicted octanol–water partition coefficient (Wildman–Crippen LogP) is 2.77. The molecule has 0 aliphatic carbocycles. The van der Waals surface area contributed by atoms with Crippen molar-refractivity contribution >= 4 is 21.5 Å². The molecule has 0 spiro atoms. The van der Waals surface area contributed by atoms with Crippen LogP contribution in [0.2, 0.25) is 0 Å². The van der Waals surface area contributed by atoms with E-state index >= 15 is 0 Å². The highest BCUT2D eigenvalue weighted by Crippen LogP contribution is 2.28. The van der Waals surface area contributed by atoms with Gasteiger partial charge in [-0.2, -0.15) is 0 Å². The summed E-state index contributed by atoms with van der Waals surface area (Å²) in [6.45, 7) is 4.38. The summed E-state index contributed by atoms with van der Waals surface area (Å²) in [5.74, 6) is -0.191. The van der Waals surface area contributed by atoms with Crippen LogP contribution in [0.5, 0.6) is 5.75 Å². The first-order chi connectivity index (χ1) is 10.8. The Kier molecular flexibility index (Phi) is 5.41. The SMILES string of the molecule is CC(C)CNC(=O)Oc1ccc(C2=CCS(=O)(=O)CC2)c(F)c1. The summed E-state index contributed by atoms with van der Waals surface area (Å²) in [7, 11) is -3.05. The van der Waals surface area contributed by atoms with Crippen LogP contribution in [-0.4, -0.2) is 32.6 Å². The van der Waals surface area contributed by atoms with Gasteiger partial charge in [-0.15, -0.1) is 0 Å². The molecule has 0 radical (unpaired) electrons. The van der Waals surface area contributed by atoms with Crippen LogP contribution in [0.1, 0.15) is 25.8 Å². The van der Waals surface area contributed by atoms with Gasteiger partial charge in [0.05, 0.1) is 11.5 Å². The summed E-state index contributed by atoms with van der Waals surface area (Å²) < 4.78 is 42.0. The van der Waals surface area contributed by atoms with E-state index in [-0.39, 0.29) is 29.6 Å². The second-order valence-corrected chi connectivity index (χ2v) is 8.13. The summed E-state index contributed by atoms with van der Waals surface area (Å²) in [4.78, 5) is 11.6. The van der Waals surface area contributed by atoms with Crippen molar-refractivity contribution in [3.8, 4) is 5.75 Å². The van der Waals surface area contributed by atoms with Gasteiger partial charge in [-0.3, -0.25) is 0 Å². The fourth-order valence-electron chi connectivity index (χ4n) is 2.17. The first-order valence-electron chi connectivity index (χ1n) is 7.42. The quantitative estimate of drug-likeness (QED) is 0.914. The molecule has 5 nitrogen and oxygen atoms in total. The molecule has 2 rings (SSSR count). The summed E-state index contributed by atoms with van der Waals surface area (Å²) in [6.07, 6.45) is 1.19. The molecule has 0 bridgehead atoms. The van der Waals surface area contributed by atoms with E-state index in [1.165, 1.54) is 18.2 Å². The Labute approximate surface area is 135 Å². The first-order valence-corrected chi connectivity index (χ1v) is 9.24. The van der Waals surface area contributed by atoms with Crippen molar-refractivity contribution in [2.45, 2.75) is 20.3 Å². The van der Waals surface area contributed by atoms with Gasteiger partial charge in [-0.05, 0) is 30.0 Å². The van der Waals surface area contributed by atoms with Gasteiger partial charge in [0, 0.05) is 18.2 Å². The van der Waals surface area contributed by atoms with Crippen molar-refractivity contribution in [1.82, 2.24) is 5.32 Å². The normalized spacial score (nSPS) is 16.8. The Bertz CT molecular complexity index is 726. The van der Waals surface area contributed by atoms with E-state index in [1.807, 2.05) is 13.8 Å². The molecule has 0 aromatic heterocycles. The van der Waals surface area contributed by atoms with Gasteiger partial charge in [0.15, 0.2) is 9.84 Å². The lowest BCUT2D eigenvalue weighted by molar-refractivity contribution is 0.199. The van der Waals surface area contributed by atoms with E-state index in [2.05, 4.69) is 5.32 Å². The fourth-order valence-corrected chi connectivity index (χ4v) is 3.33. The molecule has 1 amide bonds. The lowest BCUT2D eigenvalue weighted by Gasteiger charge is -2.15. The van der Waals surface area contributed by atoms with Gasteiger partial charge in [0.2, 0.25) is 0 Å². The number of benzene rings is 1. The number of rotatable bonds is 4. The highest BCUT2D eigenvalue weighted by atomic mass is 32.2. The van der Waals surface area contributed by atoms with E-state index in [1.54, 1.807) is 0 Å². The van der Waals surface area contributed by atoms with Crippen molar-refractivity contribution in [3.63, 3.8) is 0 Å². The standard InChI is InChI=1S/C16H20FNO4S/c1-11(2)10-18-16(19)22-13-3-4-14(15(17)9-13)12-5-7-23(20,21)8-6-12/h3-5,9,11H,6-8,10H2,1-2H3,(H,18,19). The smallest absolute Gasteiger partial charge is 0.410 e. The molecule has 126 valence electrons. The van der Waals surface area contributed by atoms with Gasteiger partial charge in [-0.1, -0.05) is 19.9 Å². The number of ether oxygens (including phenoxy) is 1. The van der Waals surface area contributed by atoms with E-state index in [4.69, 9.17) is 4.74 Å². The van der Waals surface area contributed by atoms with Crippen LogP contribution in [0, 0.1) is 11.7 Å². The topological polar surface area (TPSA) is 72.5 Å². The molecule has 0 saturated heterocycles. The maximum absolute atomic E-state index is 14.2. The highest BCUT2D eigenvalue weighted by Gasteiger charge is 2.19. The lowest BCUT2D eigenvalue weighted by Crippen LogP contribution is -2.30. The molecule has 7 heteroatoms. The van der Waals surface area contributed by atoms with Gasteiger partial charge < -0.3 is 10.1 Å². The van der Waals surface area contributed by atoms with Crippen LogP contribution in [0.25, 0.3) is 5.57 Å². The summed E-state index contributed by atoms with van der Waals surface area (Å²) in [5, 5.41) is 2.58. The van der Waals surface area contributed by atoms with Crippen LogP contribution < -0.4 is 10.1 Å². The Morgan fingerprint density at radius 1 is 1.39 bits per heavy atom. The van der Waals surface area contributed by atoms with E-state index < -0.39 is 21.7 Å². The number of nitrogens with one attached hydrogen (secondary N) is 1. The number of sulfone groups is 1. The third-order valence-electron chi connectivity index (χ3n) is 3.42. The number of halogens is 1. The number of allylic oxidation sites excluding steroid dienone is 1. The largest absolute Gasteiger partial charge is 0.412 e. The highest BCUT2D eigenvalue weighted by molar-refractivity contribution is 7.91. The van der Waals surface area contributed by atoms with Gasteiger partial charge in [0.1, 0.15) is 11.6 Å². The predicted molar refractivity (Wildman–Crippen MR) is 86.5 cm³/mol. The molecule has 1 aromatic carbocycles. The molecule has 0 unspecified atom stereocenters. The number of carbonyl (C=O) groups excluding carboxylic acids is 1. The molecule has 0 fully saturated rings. The van der Waals surface area contributed by atoms with Gasteiger partial charge in [0.25, 0.3) is 0 Å². The van der Waals surface area contributed by atoms with Crippen molar-refractivity contribution in [3.05, 3.63) is 35.7 Å². The monoisotopic (exact) mass is 341 g/mol. The molecule has 0 atom stereocenters. The lowest BCUT2D eigenvalue weighted by atomic mass is 10.0. The zero-order chi connectivity index (χ0) is 17.0. The molecule has 1 aromatic rings. The number of amides is 1. The number of hydrogen-bond donors (Lipinski definition) is 1. The molecule has 1 heterocycles. The Balaban J connectivity index is 2.07. The van der Waals surface area contributed by atoms with Crippen LogP contribution in [0.15, 0.2) is 24.3 Å². The Hall–Kier alpha value is -1.89. The molecule has 1 aliphatic heterocycles. The summed E-state index contributed by atoms with van der Waals surface area (Å²) in [5.41, 5.74) is 1.00. The van der Waals surface area contributed by atoms with Crippen LogP contribution >= 0.6 is 0 Å². The third-order valence-corrected chi connectivity index (χ3v) is 4.92. The molecule has 23 heavy (non-hydrogen) atoms. The molecular formula is C16H20FNO4S. The van der Waals surface area contributed by atoms with Crippen molar-refractivity contribution in [2.24, 2.45) is 5.92 Å². The van der Waals surface area contributed by atoms with Crippen molar-refractivity contribution < 1.29 is 22.3 Å². The second-order valence-electron chi connectivity index (χ2n) is 5.90. The molecular weight excluding hydrogens is 321 g/mol. The average molecular weight is 341 g/mol. The minimum atomic E-state index is -3.05. The van der Waals surface area contributed by atoms with Crippen molar-refractivity contribution in [2.75, 3.05) is 18.1 Å². The van der Waals surface area contributed by atoms with Gasteiger partial charge in [-0.25, -0.2) is 17.6 Å². The van der Waals surface area contributed by atoms with Crippen LogP contribution in [0.3, 0.4) is 0 Å². The first kappa shape index (κ1) is 17.5. The number of hydrogen-bond acceptors (Lipinski definition) is 4. The van der Waals surface area contributed by atoms with Gasteiger partial charge >= 0.3 is 6.09 Å². The zero-order valence-corrected chi connectivity index (χ0v) is 14.0. The maximum atomic E-state index is 14.2. The Morgan fingerprint density at radius 3 is 2.70 bits per heavy atom. The van der Waals surface area contributed by atoms with E-state index in [9.17, 15) is 17.6 Å².